The molecule has 0 aromatic rings. The minimum absolute atomic E-state index is 0.0430. The third-order valence-corrected chi connectivity index (χ3v) is 3.59. The van der Waals surface area contributed by atoms with Gasteiger partial charge in [0, 0.05) is 6.04 Å². The Kier molecular flexibility index (Phi) is 3.96. The maximum atomic E-state index is 12.1. The van der Waals surface area contributed by atoms with Gasteiger partial charge in [0.1, 0.15) is 0 Å². The summed E-state index contributed by atoms with van der Waals surface area (Å²) >= 11 is 0. The molecule has 1 saturated carbocycles. The summed E-state index contributed by atoms with van der Waals surface area (Å²) in [6.45, 7) is -0.0430. The van der Waals surface area contributed by atoms with Gasteiger partial charge in [-0.25, -0.2) is 0 Å². The van der Waals surface area contributed by atoms with E-state index in [2.05, 4.69) is 10.1 Å². The molecule has 1 aliphatic heterocycles. The lowest BCUT2D eigenvalue weighted by Gasteiger charge is -2.22. The number of ether oxygens (including phenoxy) is 1. The standard InChI is InChI=1S/C12H18N2O4/c1-18-11(16)7-13-9-6-10(15)14(12(9)17)8-4-2-3-5-8/h8-9,13H,2-7H2,1H3. The first-order valence-corrected chi connectivity index (χ1v) is 6.29. The summed E-state index contributed by atoms with van der Waals surface area (Å²) in [5.41, 5.74) is 0. The third-order valence-electron chi connectivity index (χ3n) is 3.59. The highest BCUT2D eigenvalue weighted by molar-refractivity contribution is 6.06. The van der Waals surface area contributed by atoms with E-state index in [1.165, 1.54) is 12.0 Å². The Labute approximate surface area is 106 Å². The molecule has 1 heterocycles. The van der Waals surface area contributed by atoms with Crippen molar-refractivity contribution in [2.75, 3.05) is 13.7 Å². The average Bonchev–Trinajstić information content (AvgIpc) is 2.95. The second-order valence-electron chi connectivity index (χ2n) is 4.75. The largest absolute Gasteiger partial charge is 0.468 e. The van der Waals surface area contributed by atoms with Gasteiger partial charge in [-0.15, -0.1) is 0 Å². The predicted octanol–water partition coefficient (Wildman–Crippen LogP) is -0.181. The Balaban J connectivity index is 1.93. The minimum Gasteiger partial charge on any atom is -0.468 e. The Morgan fingerprint density at radius 3 is 2.67 bits per heavy atom. The molecule has 0 aromatic carbocycles. The highest BCUT2D eigenvalue weighted by atomic mass is 16.5. The van der Waals surface area contributed by atoms with Gasteiger partial charge in [0.05, 0.1) is 26.1 Å². The second kappa shape index (κ2) is 5.48. The highest BCUT2D eigenvalue weighted by Gasteiger charge is 2.42. The molecule has 1 unspecified atom stereocenters. The van der Waals surface area contributed by atoms with Crippen LogP contribution >= 0.6 is 0 Å². The van der Waals surface area contributed by atoms with Gasteiger partial charge in [-0.05, 0) is 12.8 Å². The number of nitrogens with one attached hydrogen (secondary N) is 1. The van der Waals surface area contributed by atoms with Crippen LogP contribution in [0.25, 0.3) is 0 Å². The lowest BCUT2D eigenvalue weighted by molar-refractivity contribution is -0.141. The van der Waals surface area contributed by atoms with Crippen LogP contribution in [0.15, 0.2) is 0 Å². The summed E-state index contributed by atoms with van der Waals surface area (Å²) in [5, 5.41) is 2.78. The SMILES string of the molecule is COC(=O)CNC1CC(=O)N(C2CCCC2)C1=O. The van der Waals surface area contributed by atoms with Crippen molar-refractivity contribution in [3.8, 4) is 0 Å². The maximum absolute atomic E-state index is 12.1. The highest BCUT2D eigenvalue weighted by Crippen LogP contribution is 2.27. The van der Waals surface area contributed by atoms with Crippen LogP contribution in [0.5, 0.6) is 0 Å². The number of methoxy groups -OCH3 is 1. The van der Waals surface area contributed by atoms with Gasteiger partial charge >= 0.3 is 5.97 Å². The summed E-state index contributed by atoms with van der Waals surface area (Å²) in [5.74, 6) is -0.764. The number of nitrogens with zero attached hydrogens (tertiary/aromatic N) is 1. The van der Waals surface area contributed by atoms with E-state index in [1.54, 1.807) is 0 Å². The van der Waals surface area contributed by atoms with Gasteiger partial charge in [-0.3, -0.25) is 24.6 Å². The summed E-state index contributed by atoms with van der Waals surface area (Å²) in [6.07, 6.45) is 4.10. The van der Waals surface area contributed by atoms with Gasteiger partial charge < -0.3 is 4.74 Å². The van der Waals surface area contributed by atoms with Gasteiger partial charge in [0.15, 0.2) is 0 Å². The lowest BCUT2D eigenvalue weighted by atomic mass is 10.2. The molecule has 1 atom stereocenters. The van der Waals surface area contributed by atoms with Crippen molar-refractivity contribution in [3.05, 3.63) is 0 Å². The van der Waals surface area contributed by atoms with Gasteiger partial charge in [-0.1, -0.05) is 12.8 Å². The zero-order valence-electron chi connectivity index (χ0n) is 10.5. The topological polar surface area (TPSA) is 75.7 Å². The molecule has 0 radical (unpaired) electrons. The van der Waals surface area contributed by atoms with E-state index < -0.39 is 12.0 Å². The van der Waals surface area contributed by atoms with Crippen molar-refractivity contribution in [2.24, 2.45) is 0 Å². The molecule has 0 aromatic heterocycles. The predicted molar refractivity (Wildman–Crippen MR) is 62.5 cm³/mol. The molecule has 1 N–H and O–H groups in total. The van der Waals surface area contributed by atoms with Crippen LogP contribution in [0.1, 0.15) is 32.1 Å². The summed E-state index contributed by atoms with van der Waals surface area (Å²) in [4.78, 5) is 36.3. The monoisotopic (exact) mass is 254 g/mol. The van der Waals surface area contributed by atoms with Crippen LogP contribution < -0.4 is 5.32 Å². The Morgan fingerprint density at radius 1 is 1.39 bits per heavy atom. The zero-order valence-corrected chi connectivity index (χ0v) is 10.5. The van der Waals surface area contributed by atoms with Crippen molar-refractivity contribution in [1.82, 2.24) is 10.2 Å². The van der Waals surface area contributed by atoms with E-state index >= 15 is 0 Å². The number of imide groups is 1. The molecule has 0 spiro atoms. The number of carbonyl (C=O) groups excluding carboxylic acids is 3. The maximum Gasteiger partial charge on any atom is 0.319 e. The molecule has 2 fully saturated rings. The van der Waals surface area contributed by atoms with Crippen LogP contribution in [0.4, 0.5) is 0 Å². The smallest absolute Gasteiger partial charge is 0.319 e. The van der Waals surface area contributed by atoms with Crippen molar-refractivity contribution in [1.29, 1.82) is 0 Å². The first kappa shape index (κ1) is 13.0. The van der Waals surface area contributed by atoms with Crippen LogP contribution in [0.2, 0.25) is 0 Å². The summed E-state index contributed by atoms with van der Waals surface area (Å²) < 4.78 is 4.49. The van der Waals surface area contributed by atoms with E-state index in [0.29, 0.717) is 0 Å². The molecule has 18 heavy (non-hydrogen) atoms. The molecule has 2 amide bonds. The van der Waals surface area contributed by atoms with E-state index in [-0.39, 0.29) is 30.8 Å². The number of esters is 1. The first-order chi connectivity index (χ1) is 8.63. The average molecular weight is 254 g/mol. The first-order valence-electron chi connectivity index (χ1n) is 6.29. The fraction of sp³-hybridized carbons (Fsp3) is 0.750. The molecule has 6 nitrogen and oxygen atoms in total. The number of carbonyl (C=O) groups is 3. The van der Waals surface area contributed by atoms with Crippen molar-refractivity contribution >= 4 is 17.8 Å². The fourth-order valence-corrected chi connectivity index (χ4v) is 2.64. The normalized spacial score (nSPS) is 24.9. The molecule has 1 saturated heterocycles. The van der Waals surface area contributed by atoms with Crippen molar-refractivity contribution < 1.29 is 19.1 Å². The molecular weight excluding hydrogens is 236 g/mol. The summed E-state index contributed by atoms with van der Waals surface area (Å²) in [7, 11) is 1.29. The quantitative estimate of drug-likeness (QED) is 0.556. The molecule has 2 aliphatic rings. The molecule has 2 rings (SSSR count). The van der Waals surface area contributed by atoms with Gasteiger partial charge in [-0.2, -0.15) is 0 Å². The zero-order chi connectivity index (χ0) is 13.1. The molecule has 100 valence electrons. The fourth-order valence-electron chi connectivity index (χ4n) is 2.64. The number of hydrogen-bond donors (Lipinski definition) is 1. The Hall–Kier alpha value is -1.43. The Bertz CT molecular complexity index is 363. The van der Waals surface area contributed by atoms with Crippen molar-refractivity contribution in [2.45, 2.75) is 44.2 Å². The number of rotatable bonds is 4. The van der Waals surface area contributed by atoms with Gasteiger partial charge in [0.25, 0.3) is 0 Å². The molecule has 0 bridgehead atoms. The van der Waals surface area contributed by atoms with Crippen LogP contribution in [0, 0.1) is 0 Å². The second-order valence-corrected chi connectivity index (χ2v) is 4.75. The minimum atomic E-state index is -0.572. The van der Waals surface area contributed by atoms with Crippen LogP contribution in [0.3, 0.4) is 0 Å². The van der Waals surface area contributed by atoms with E-state index in [4.69, 9.17) is 0 Å². The molecule has 1 aliphatic carbocycles. The summed E-state index contributed by atoms with van der Waals surface area (Å²) in [6, 6.07) is -0.507. The molecule has 6 heteroatoms. The number of likely N-dealkylation sites (tertiary alicyclic amines) is 1. The van der Waals surface area contributed by atoms with E-state index in [9.17, 15) is 14.4 Å². The van der Waals surface area contributed by atoms with Crippen molar-refractivity contribution in [3.63, 3.8) is 0 Å². The van der Waals surface area contributed by atoms with Crippen LogP contribution in [-0.2, 0) is 19.1 Å². The van der Waals surface area contributed by atoms with E-state index in [0.717, 1.165) is 25.7 Å². The van der Waals surface area contributed by atoms with Crippen LogP contribution in [-0.4, -0.2) is 48.4 Å². The van der Waals surface area contributed by atoms with Gasteiger partial charge in [0.2, 0.25) is 11.8 Å². The van der Waals surface area contributed by atoms with E-state index in [1.807, 2.05) is 0 Å². The number of hydrogen-bond acceptors (Lipinski definition) is 5. The third kappa shape index (κ3) is 2.53. The lowest BCUT2D eigenvalue weighted by Crippen LogP contribution is -2.44. The molecular formula is C12H18N2O4. The number of amides is 2. The Morgan fingerprint density at radius 2 is 2.06 bits per heavy atom.